The van der Waals surface area contributed by atoms with Gasteiger partial charge in [-0.05, 0) is 107 Å². The Balaban J connectivity index is 1.72. The van der Waals surface area contributed by atoms with Crippen molar-refractivity contribution in [3.8, 4) is 0 Å². The lowest BCUT2D eigenvalue weighted by Gasteiger charge is -2.42. The largest absolute Gasteiger partial charge is 0.460 e. The first kappa shape index (κ1) is 60.1. The zero-order chi connectivity index (χ0) is 52.4. The quantitative estimate of drug-likeness (QED) is 0.0858. The fourth-order valence-electron chi connectivity index (χ4n) is 10.7. The summed E-state index contributed by atoms with van der Waals surface area (Å²) in [6, 6.07) is -1.17. The first-order chi connectivity index (χ1) is 33.8. The Bertz CT molecular complexity index is 1860. The summed E-state index contributed by atoms with van der Waals surface area (Å²) in [5, 5.41) is 32.7. The van der Waals surface area contributed by atoms with Crippen LogP contribution in [-0.2, 0) is 57.1 Å². The Morgan fingerprint density at radius 3 is 2.28 bits per heavy atom. The third-order valence-corrected chi connectivity index (χ3v) is 15.3. The van der Waals surface area contributed by atoms with Crippen LogP contribution in [0.4, 0.5) is 0 Å². The molecule has 0 aromatic heterocycles. The Hall–Kier alpha value is -3.45. The van der Waals surface area contributed by atoms with Crippen molar-refractivity contribution in [2.24, 2.45) is 35.5 Å². The van der Waals surface area contributed by atoms with Gasteiger partial charge in [-0.1, -0.05) is 71.1 Å². The Morgan fingerprint density at radius 2 is 1.59 bits per heavy atom. The molecule has 0 radical (unpaired) electrons. The number of ether oxygens (including phenoxy) is 7. The average Bonchev–Trinajstić information content (AvgIpc) is 3.35. The summed E-state index contributed by atoms with van der Waals surface area (Å²) in [4.78, 5) is 72.6. The molecular weight excluding hydrogens is 915 g/mol. The van der Waals surface area contributed by atoms with Crippen molar-refractivity contribution < 1.29 is 72.5 Å². The van der Waals surface area contributed by atoms with Crippen molar-refractivity contribution in [2.75, 3.05) is 54.3 Å². The van der Waals surface area contributed by atoms with Crippen molar-refractivity contribution in [3.63, 3.8) is 0 Å². The maximum absolute atomic E-state index is 14.6. The lowest BCUT2D eigenvalue weighted by molar-refractivity contribution is -0.265. The smallest absolute Gasteiger partial charge is 0.329 e. The molecule has 4 aliphatic rings. The molecule has 1 amide bonds. The second-order valence-corrected chi connectivity index (χ2v) is 20.7. The summed E-state index contributed by atoms with van der Waals surface area (Å²) in [7, 11) is 4.63. The van der Waals surface area contributed by atoms with Gasteiger partial charge in [-0.15, -0.1) is 0 Å². The van der Waals surface area contributed by atoms with Gasteiger partial charge in [0, 0.05) is 58.5 Å². The molecule has 15 atom stereocenters. The van der Waals surface area contributed by atoms with Gasteiger partial charge in [0.2, 0.25) is 5.79 Å². The minimum Gasteiger partial charge on any atom is -0.460 e. The SMILES string of the molecule is CO[C@H]1CCC(OCCOCCO)[C@@H](C[C@@H](C)[C@@H]2CC(=O)[C@H](C)/C=C(\C)[C@@H](O)[C@@H](OC)C(=O)[C@@H](C)C[C@H](C)\C=C/C=C/C=C(\C)[C@@H](OC)C[C@@H]3CC[C@@H](C)[C@@](O)(O3)C(=O)C(=O)N3CCCCC3C(=O)O2)C1. The number of fused-ring (bicyclic) bond motifs is 3. The molecule has 71 heavy (non-hydrogen) atoms. The number of Topliss-reactive ketones (excluding diaryl/α,β-unsaturated/α-hetero) is 3. The number of hydrogen-bond donors (Lipinski definition) is 3. The number of allylic oxidation sites excluding steroid dienone is 6. The van der Waals surface area contributed by atoms with Crippen molar-refractivity contribution in [1.29, 1.82) is 0 Å². The fraction of sp³-hybridized carbons (Fsp3) is 0.764. The summed E-state index contributed by atoms with van der Waals surface area (Å²) in [6.07, 6.45) is 11.9. The number of esters is 1. The molecule has 0 spiro atoms. The number of amides is 1. The highest BCUT2D eigenvalue weighted by Gasteiger charge is 2.53. The predicted octanol–water partition coefficient (Wildman–Crippen LogP) is 6.21. The van der Waals surface area contributed by atoms with Crippen LogP contribution in [0.15, 0.2) is 47.6 Å². The molecular formula is C55H87NO15. The maximum Gasteiger partial charge on any atom is 0.329 e. The number of carbonyl (C=O) groups excluding carboxylic acids is 5. The maximum atomic E-state index is 14.6. The number of hydrogen-bond acceptors (Lipinski definition) is 15. The topological polar surface area (TPSA) is 214 Å². The molecule has 4 rings (SSSR count). The van der Waals surface area contributed by atoms with Gasteiger partial charge < -0.3 is 53.4 Å². The molecule has 3 heterocycles. The number of ketones is 3. The first-order valence-electron chi connectivity index (χ1n) is 26.1. The van der Waals surface area contributed by atoms with Crippen LogP contribution in [0.5, 0.6) is 0 Å². The summed E-state index contributed by atoms with van der Waals surface area (Å²) in [6.45, 7) is 13.5. The van der Waals surface area contributed by atoms with Crippen LogP contribution in [0.25, 0.3) is 0 Å². The van der Waals surface area contributed by atoms with E-state index >= 15 is 0 Å². The summed E-state index contributed by atoms with van der Waals surface area (Å²) < 4.78 is 41.6. The molecule has 402 valence electrons. The predicted molar refractivity (Wildman–Crippen MR) is 267 cm³/mol. The van der Waals surface area contributed by atoms with Gasteiger partial charge in [-0.25, -0.2) is 4.79 Å². The second kappa shape index (κ2) is 29.4. The molecule has 3 aliphatic heterocycles. The summed E-state index contributed by atoms with van der Waals surface area (Å²) >= 11 is 0. The van der Waals surface area contributed by atoms with Crippen molar-refractivity contribution in [3.05, 3.63) is 47.6 Å². The van der Waals surface area contributed by atoms with Crippen molar-refractivity contribution >= 4 is 29.2 Å². The molecule has 2 unspecified atom stereocenters. The highest BCUT2D eigenvalue weighted by Crippen LogP contribution is 2.38. The van der Waals surface area contributed by atoms with Crippen LogP contribution in [-0.4, -0.2) is 158 Å². The number of piperidine rings is 1. The van der Waals surface area contributed by atoms with Crippen LogP contribution < -0.4 is 0 Å². The molecule has 1 saturated carbocycles. The molecule has 3 N–H and O–H groups in total. The van der Waals surface area contributed by atoms with Gasteiger partial charge in [-0.2, -0.15) is 0 Å². The average molecular weight is 1000 g/mol. The molecule has 16 nitrogen and oxygen atoms in total. The van der Waals surface area contributed by atoms with Gasteiger partial charge >= 0.3 is 5.97 Å². The minimum absolute atomic E-state index is 0.00894. The van der Waals surface area contributed by atoms with Crippen LogP contribution in [0.2, 0.25) is 0 Å². The van der Waals surface area contributed by atoms with E-state index in [9.17, 15) is 34.2 Å². The van der Waals surface area contributed by atoms with Crippen molar-refractivity contribution in [1.82, 2.24) is 4.90 Å². The number of carbonyl (C=O) groups is 5. The number of methoxy groups -OCH3 is 3. The minimum atomic E-state index is -2.45. The third-order valence-electron chi connectivity index (χ3n) is 15.3. The van der Waals surface area contributed by atoms with Crippen molar-refractivity contribution in [2.45, 2.75) is 180 Å². The van der Waals surface area contributed by atoms with Gasteiger partial charge in [0.1, 0.15) is 30.1 Å². The van der Waals surface area contributed by atoms with E-state index in [4.69, 9.17) is 38.3 Å². The van der Waals surface area contributed by atoms with Crippen LogP contribution >= 0.6 is 0 Å². The van der Waals surface area contributed by atoms with Gasteiger partial charge in [0.25, 0.3) is 11.7 Å². The van der Waals surface area contributed by atoms with E-state index in [1.165, 1.54) is 12.0 Å². The normalized spacial score (nSPS) is 38.0. The molecule has 16 heteroatoms. The van der Waals surface area contributed by atoms with Crippen LogP contribution in [0, 0.1) is 35.5 Å². The summed E-state index contributed by atoms with van der Waals surface area (Å²) in [5.74, 6) is -8.33. The number of aliphatic hydroxyl groups excluding tert-OH is 2. The van der Waals surface area contributed by atoms with E-state index in [0.717, 1.165) is 12.0 Å². The summed E-state index contributed by atoms with van der Waals surface area (Å²) in [5.41, 5.74) is 1.25. The number of cyclic esters (lactones) is 1. The molecule has 3 fully saturated rings. The van der Waals surface area contributed by atoms with Gasteiger partial charge in [-0.3, -0.25) is 19.2 Å². The van der Waals surface area contributed by atoms with E-state index in [1.807, 2.05) is 58.1 Å². The fourth-order valence-corrected chi connectivity index (χ4v) is 10.7. The Labute approximate surface area is 422 Å². The monoisotopic (exact) mass is 1000 g/mol. The first-order valence-corrected chi connectivity index (χ1v) is 26.1. The van der Waals surface area contributed by atoms with E-state index in [-0.39, 0.29) is 68.2 Å². The Kier molecular flexibility index (Phi) is 24.9. The van der Waals surface area contributed by atoms with Crippen LogP contribution in [0.1, 0.15) is 126 Å². The molecule has 0 aromatic rings. The molecule has 1 aliphatic carbocycles. The van der Waals surface area contributed by atoms with Gasteiger partial charge in [0.05, 0.1) is 50.8 Å². The second-order valence-electron chi connectivity index (χ2n) is 20.7. The van der Waals surface area contributed by atoms with Gasteiger partial charge in [0.15, 0.2) is 5.78 Å². The molecule has 2 saturated heterocycles. The Morgan fingerprint density at radius 1 is 0.845 bits per heavy atom. The standard InChI is InChI=1S/C55H87NO15/c1-34-16-12-11-13-17-35(2)47(66-9)32-43-20-19-40(7)55(64,71-43)52(61)53(62)56-23-15-14-18-44(56)54(63)70-48(33-45(58)36(3)29-39(6)50(60)51(67-10)49(59)38(5)28-34)37(4)30-41-31-42(65-8)21-22-46(41)69-27-26-68-25-24-57/h11-13,16-17,29,34,36-38,40-44,46-48,50-51,57,60,64H,14-15,18-28,30-33H2,1-10H3/b13-11+,16-12-,35-17+,39-29+/t34-,36-,37-,38+,40-,41+,42+,43+,44?,46?,47+,48+,50-,51+,55-/m1/s1. The van der Waals surface area contributed by atoms with E-state index < -0.39 is 83.7 Å². The zero-order valence-corrected chi connectivity index (χ0v) is 44.3. The lowest BCUT2D eigenvalue weighted by Crippen LogP contribution is -2.61. The van der Waals surface area contributed by atoms with E-state index in [0.29, 0.717) is 76.6 Å². The highest BCUT2D eigenvalue weighted by atomic mass is 16.6. The van der Waals surface area contributed by atoms with E-state index in [2.05, 4.69) is 0 Å². The zero-order valence-electron chi connectivity index (χ0n) is 44.3. The lowest BCUT2D eigenvalue weighted by atomic mass is 9.77. The molecule has 0 aromatic carbocycles. The van der Waals surface area contributed by atoms with Crippen LogP contribution in [0.3, 0.4) is 0 Å². The van der Waals surface area contributed by atoms with E-state index in [1.54, 1.807) is 41.1 Å². The number of aliphatic hydroxyl groups is 3. The number of nitrogens with zero attached hydrogens (tertiary/aromatic N) is 1. The number of rotatable bonds is 12. The third kappa shape index (κ3) is 17.0. The highest BCUT2D eigenvalue weighted by molar-refractivity contribution is 6.39. The molecule has 2 bridgehead atoms.